The maximum absolute atomic E-state index is 13.2. The molecule has 0 radical (unpaired) electrons. The first-order valence-corrected chi connectivity index (χ1v) is 10.3. The van der Waals surface area contributed by atoms with Crippen molar-refractivity contribution < 1.29 is 9.59 Å². The third-order valence-corrected chi connectivity index (χ3v) is 6.14. The summed E-state index contributed by atoms with van der Waals surface area (Å²) in [4.78, 5) is 31.5. The Morgan fingerprint density at radius 2 is 1.85 bits per heavy atom. The smallest absolute Gasteiger partial charge is 0.317 e. The van der Waals surface area contributed by atoms with Crippen molar-refractivity contribution in [3.8, 4) is 0 Å². The van der Waals surface area contributed by atoms with Gasteiger partial charge in [0.2, 0.25) is 5.91 Å². The maximum Gasteiger partial charge on any atom is 0.317 e. The summed E-state index contributed by atoms with van der Waals surface area (Å²) in [6.45, 7) is 5.84. The van der Waals surface area contributed by atoms with E-state index < -0.39 is 0 Å². The molecule has 1 aromatic rings. The van der Waals surface area contributed by atoms with Gasteiger partial charge in [0.1, 0.15) is 0 Å². The van der Waals surface area contributed by atoms with E-state index in [0.29, 0.717) is 6.54 Å². The van der Waals surface area contributed by atoms with Crippen molar-refractivity contribution in [2.45, 2.75) is 38.3 Å². The van der Waals surface area contributed by atoms with Gasteiger partial charge in [0.25, 0.3) is 0 Å². The zero-order chi connectivity index (χ0) is 18.6. The molecule has 2 unspecified atom stereocenters. The predicted octanol–water partition coefficient (Wildman–Crippen LogP) is 1.91. The molecule has 0 aliphatic carbocycles. The number of piperidine rings is 2. The van der Waals surface area contributed by atoms with Gasteiger partial charge >= 0.3 is 6.03 Å². The number of urea groups is 1. The minimum Gasteiger partial charge on any atom is -0.340 e. The van der Waals surface area contributed by atoms with Crippen LogP contribution in [-0.4, -0.2) is 71.9 Å². The molecular formula is C21H30N4O2. The Labute approximate surface area is 161 Å². The number of nitrogens with one attached hydrogen (secondary N) is 1. The first kappa shape index (κ1) is 18.3. The number of nitrogens with zero attached hydrogens (tertiary/aromatic N) is 3. The third-order valence-electron chi connectivity index (χ3n) is 6.14. The standard InChI is InChI=1S/C21H30N4O2/c26-20(24-12-5-9-19(16-24)25-13-10-22-21(25)27)18-8-4-11-23(15-18)14-17-6-2-1-3-7-17/h1-3,6-7,18-19H,4-5,8-16H2,(H,22,27). The van der Waals surface area contributed by atoms with Crippen molar-refractivity contribution in [1.29, 1.82) is 0 Å². The van der Waals surface area contributed by atoms with Crippen LogP contribution in [0.4, 0.5) is 4.79 Å². The number of carbonyl (C=O) groups excluding carboxylic acids is 2. The largest absolute Gasteiger partial charge is 0.340 e. The molecule has 27 heavy (non-hydrogen) atoms. The molecule has 2 atom stereocenters. The SMILES string of the molecule is O=C(C1CCCN(Cc2ccccc2)C1)N1CCCC(N2CCNC2=O)C1. The number of benzene rings is 1. The summed E-state index contributed by atoms with van der Waals surface area (Å²) in [6.07, 6.45) is 4.05. The normalized spacial score (nSPS) is 26.9. The Morgan fingerprint density at radius 1 is 1.04 bits per heavy atom. The number of likely N-dealkylation sites (tertiary alicyclic amines) is 2. The predicted molar refractivity (Wildman–Crippen MR) is 104 cm³/mol. The zero-order valence-corrected chi connectivity index (χ0v) is 16.0. The monoisotopic (exact) mass is 370 g/mol. The molecule has 3 aliphatic heterocycles. The molecule has 0 aromatic heterocycles. The lowest BCUT2D eigenvalue weighted by atomic mass is 9.94. The van der Waals surface area contributed by atoms with Gasteiger partial charge in [-0.05, 0) is 37.8 Å². The fourth-order valence-electron chi connectivity index (χ4n) is 4.74. The molecular weight excluding hydrogens is 340 g/mol. The number of hydrogen-bond donors (Lipinski definition) is 1. The van der Waals surface area contributed by atoms with Gasteiger partial charge in [-0.2, -0.15) is 0 Å². The highest BCUT2D eigenvalue weighted by Crippen LogP contribution is 2.24. The fraction of sp³-hybridized carbons (Fsp3) is 0.619. The first-order chi connectivity index (χ1) is 13.2. The van der Waals surface area contributed by atoms with E-state index in [1.54, 1.807) is 0 Å². The minimum atomic E-state index is 0.0287. The zero-order valence-electron chi connectivity index (χ0n) is 16.0. The second-order valence-corrected chi connectivity index (χ2v) is 8.07. The summed E-state index contributed by atoms with van der Waals surface area (Å²) >= 11 is 0. The van der Waals surface area contributed by atoms with Gasteiger partial charge < -0.3 is 15.1 Å². The molecule has 3 fully saturated rings. The molecule has 0 bridgehead atoms. The second kappa shape index (κ2) is 8.30. The van der Waals surface area contributed by atoms with Crippen LogP contribution in [-0.2, 0) is 11.3 Å². The van der Waals surface area contributed by atoms with Gasteiger partial charge in [0.05, 0.1) is 12.0 Å². The molecule has 3 heterocycles. The van der Waals surface area contributed by atoms with Gasteiger partial charge in [-0.25, -0.2) is 4.79 Å². The van der Waals surface area contributed by atoms with Crippen LogP contribution in [0, 0.1) is 5.92 Å². The summed E-state index contributed by atoms with van der Waals surface area (Å²) in [6, 6.07) is 10.7. The highest BCUT2D eigenvalue weighted by molar-refractivity contribution is 5.80. The highest BCUT2D eigenvalue weighted by Gasteiger charge is 2.35. The number of amides is 3. The maximum atomic E-state index is 13.2. The van der Waals surface area contributed by atoms with Crippen LogP contribution in [0.15, 0.2) is 30.3 Å². The van der Waals surface area contributed by atoms with Gasteiger partial charge in [-0.3, -0.25) is 9.69 Å². The quantitative estimate of drug-likeness (QED) is 0.881. The summed E-state index contributed by atoms with van der Waals surface area (Å²) in [5, 5.41) is 2.88. The molecule has 3 amide bonds. The number of carbonyl (C=O) groups is 2. The molecule has 6 nitrogen and oxygen atoms in total. The van der Waals surface area contributed by atoms with Gasteiger partial charge in [0.15, 0.2) is 0 Å². The fourth-order valence-corrected chi connectivity index (χ4v) is 4.74. The Balaban J connectivity index is 1.34. The Kier molecular flexibility index (Phi) is 5.62. The van der Waals surface area contributed by atoms with Crippen LogP contribution in [0.25, 0.3) is 0 Å². The number of rotatable bonds is 4. The van der Waals surface area contributed by atoms with Crippen LogP contribution in [0.2, 0.25) is 0 Å². The van der Waals surface area contributed by atoms with E-state index in [-0.39, 0.29) is 23.9 Å². The van der Waals surface area contributed by atoms with Gasteiger partial charge in [-0.15, -0.1) is 0 Å². The van der Waals surface area contributed by atoms with E-state index in [1.165, 1.54) is 5.56 Å². The second-order valence-electron chi connectivity index (χ2n) is 8.07. The lowest BCUT2D eigenvalue weighted by Gasteiger charge is -2.40. The van der Waals surface area contributed by atoms with E-state index in [9.17, 15) is 9.59 Å². The van der Waals surface area contributed by atoms with Crippen LogP contribution < -0.4 is 5.32 Å². The van der Waals surface area contributed by atoms with Gasteiger partial charge in [0, 0.05) is 39.3 Å². The van der Waals surface area contributed by atoms with Crippen molar-refractivity contribution >= 4 is 11.9 Å². The molecule has 1 aromatic carbocycles. The Hall–Kier alpha value is -2.08. The summed E-state index contributed by atoms with van der Waals surface area (Å²) in [5.74, 6) is 0.380. The summed E-state index contributed by atoms with van der Waals surface area (Å²) < 4.78 is 0. The van der Waals surface area contributed by atoms with Crippen molar-refractivity contribution in [1.82, 2.24) is 20.0 Å². The van der Waals surface area contributed by atoms with E-state index in [1.807, 2.05) is 15.9 Å². The van der Waals surface area contributed by atoms with E-state index in [0.717, 1.165) is 65.0 Å². The van der Waals surface area contributed by atoms with Gasteiger partial charge in [-0.1, -0.05) is 30.3 Å². The first-order valence-electron chi connectivity index (χ1n) is 10.3. The molecule has 3 aliphatic rings. The Morgan fingerprint density at radius 3 is 2.63 bits per heavy atom. The van der Waals surface area contributed by atoms with Crippen LogP contribution in [0.5, 0.6) is 0 Å². The molecule has 0 saturated carbocycles. The minimum absolute atomic E-state index is 0.0287. The van der Waals surface area contributed by atoms with Crippen LogP contribution in [0.3, 0.4) is 0 Å². The molecule has 146 valence electrons. The molecule has 3 saturated heterocycles. The topological polar surface area (TPSA) is 55.9 Å². The summed E-state index contributed by atoms with van der Waals surface area (Å²) in [7, 11) is 0. The average molecular weight is 370 g/mol. The molecule has 1 N–H and O–H groups in total. The molecule has 0 spiro atoms. The summed E-state index contributed by atoms with van der Waals surface area (Å²) in [5.41, 5.74) is 1.31. The van der Waals surface area contributed by atoms with Crippen molar-refractivity contribution in [3.05, 3.63) is 35.9 Å². The Bertz CT molecular complexity index is 665. The molecule has 4 rings (SSSR count). The van der Waals surface area contributed by atoms with Crippen LogP contribution >= 0.6 is 0 Å². The van der Waals surface area contributed by atoms with E-state index in [4.69, 9.17) is 0 Å². The average Bonchev–Trinajstić information content (AvgIpc) is 3.14. The van der Waals surface area contributed by atoms with Crippen LogP contribution in [0.1, 0.15) is 31.2 Å². The van der Waals surface area contributed by atoms with Crippen molar-refractivity contribution in [2.24, 2.45) is 5.92 Å². The highest BCUT2D eigenvalue weighted by atomic mass is 16.2. The van der Waals surface area contributed by atoms with E-state index >= 15 is 0 Å². The lowest BCUT2D eigenvalue weighted by Crippen LogP contribution is -2.53. The lowest BCUT2D eigenvalue weighted by molar-refractivity contribution is -0.139. The van der Waals surface area contributed by atoms with E-state index in [2.05, 4.69) is 34.5 Å². The molecule has 6 heteroatoms. The van der Waals surface area contributed by atoms with Crippen molar-refractivity contribution in [2.75, 3.05) is 39.3 Å². The third kappa shape index (κ3) is 4.26. The number of hydrogen-bond acceptors (Lipinski definition) is 3. The van der Waals surface area contributed by atoms with Crippen molar-refractivity contribution in [3.63, 3.8) is 0 Å².